The number of nitrogens with zero attached hydrogens (tertiary/aromatic N) is 1. The first kappa shape index (κ1) is 32.0. The van der Waals surface area contributed by atoms with E-state index in [1.807, 2.05) is 0 Å². The molecule has 9 aromatic rings. The number of anilines is 3. The van der Waals surface area contributed by atoms with Gasteiger partial charge in [0.15, 0.2) is 0 Å². The highest BCUT2D eigenvalue weighted by atomic mass is 15.1. The van der Waals surface area contributed by atoms with E-state index in [2.05, 4.69) is 219 Å². The molecule has 1 nitrogen and oxygen atoms in total. The minimum absolute atomic E-state index is 0.0993. The van der Waals surface area contributed by atoms with Gasteiger partial charge in [0.1, 0.15) is 0 Å². The second-order valence-corrected chi connectivity index (χ2v) is 15.0. The topological polar surface area (TPSA) is 3.24 Å². The summed E-state index contributed by atoms with van der Waals surface area (Å²) in [6.45, 7) is 4.72. The van der Waals surface area contributed by atoms with E-state index in [1.54, 1.807) is 0 Å². The second kappa shape index (κ2) is 12.8. The van der Waals surface area contributed by atoms with E-state index in [1.165, 1.54) is 82.9 Å². The summed E-state index contributed by atoms with van der Waals surface area (Å²) in [7, 11) is 0. The highest BCUT2D eigenvalue weighted by Crippen LogP contribution is 2.51. The van der Waals surface area contributed by atoms with Crippen LogP contribution in [0.2, 0.25) is 0 Å². The van der Waals surface area contributed by atoms with Gasteiger partial charge in [-0.15, -0.1) is 0 Å². The molecule has 0 amide bonds. The summed E-state index contributed by atoms with van der Waals surface area (Å²) >= 11 is 0. The first-order chi connectivity index (χ1) is 26.5. The molecule has 0 unspecified atom stereocenters. The molecule has 0 spiro atoms. The predicted octanol–water partition coefficient (Wildman–Crippen LogP) is 14.8. The Kier molecular flexibility index (Phi) is 7.56. The fraction of sp³-hybridized carbons (Fsp3) is 0.0566. The molecule has 1 aliphatic rings. The maximum Gasteiger partial charge on any atom is 0.0546 e. The minimum Gasteiger partial charge on any atom is -0.310 e. The molecule has 0 heterocycles. The van der Waals surface area contributed by atoms with Gasteiger partial charge in [0.05, 0.1) is 5.69 Å². The monoisotopic (exact) mass is 689 g/mol. The van der Waals surface area contributed by atoms with Gasteiger partial charge in [-0.2, -0.15) is 0 Å². The molecule has 0 N–H and O–H groups in total. The van der Waals surface area contributed by atoms with Gasteiger partial charge in [-0.05, 0) is 108 Å². The lowest BCUT2D eigenvalue weighted by atomic mass is 9.82. The van der Waals surface area contributed by atoms with Crippen molar-refractivity contribution in [3.8, 4) is 44.5 Å². The van der Waals surface area contributed by atoms with Gasteiger partial charge in [-0.25, -0.2) is 0 Å². The quantitative estimate of drug-likeness (QED) is 0.157. The normalized spacial score (nSPS) is 12.8. The molecule has 54 heavy (non-hydrogen) atoms. The molecule has 0 bridgehead atoms. The summed E-state index contributed by atoms with van der Waals surface area (Å²) in [5.41, 5.74) is 16.1. The van der Waals surface area contributed by atoms with Crippen molar-refractivity contribution in [2.24, 2.45) is 0 Å². The lowest BCUT2D eigenvalue weighted by Crippen LogP contribution is -2.16. The number of benzene rings is 9. The van der Waals surface area contributed by atoms with Crippen LogP contribution in [0.3, 0.4) is 0 Å². The summed E-state index contributed by atoms with van der Waals surface area (Å²) in [4.78, 5) is 2.46. The van der Waals surface area contributed by atoms with Gasteiger partial charge in [-0.1, -0.05) is 178 Å². The zero-order valence-electron chi connectivity index (χ0n) is 30.5. The third-order valence-corrected chi connectivity index (χ3v) is 11.5. The van der Waals surface area contributed by atoms with Gasteiger partial charge >= 0.3 is 0 Å². The zero-order chi connectivity index (χ0) is 36.2. The van der Waals surface area contributed by atoms with E-state index < -0.39 is 0 Å². The fourth-order valence-electron chi connectivity index (χ4n) is 8.65. The predicted molar refractivity (Wildman–Crippen MR) is 230 cm³/mol. The van der Waals surface area contributed by atoms with Crippen molar-refractivity contribution in [1.82, 2.24) is 0 Å². The van der Waals surface area contributed by atoms with Crippen molar-refractivity contribution >= 4 is 38.6 Å². The average molecular weight is 690 g/mol. The summed E-state index contributed by atoms with van der Waals surface area (Å²) < 4.78 is 0. The van der Waals surface area contributed by atoms with Crippen LogP contribution in [-0.4, -0.2) is 0 Å². The van der Waals surface area contributed by atoms with Crippen LogP contribution < -0.4 is 4.90 Å². The molecule has 0 saturated carbocycles. The number of hydrogen-bond acceptors (Lipinski definition) is 1. The molecule has 0 atom stereocenters. The summed E-state index contributed by atoms with van der Waals surface area (Å²) in [5, 5.41) is 5.00. The summed E-state index contributed by atoms with van der Waals surface area (Å²) in [6, 6.07) is 73.4. The van der Waals surface area contributed by atoms with Gasteiger partial charge in [0.25, 0.3) is 0 Å². The zero-order valence-corrected chi connectivity index (χ0v) is 30.5. The van der Waals surface area contributed by atoms with Gasteiger partial charge in [-0.3, -0.25) is 0 Å². The summed E-state index contributed by atoms with van der Waals surface area (Å²) in [5.74, 6) is 0. The molecule has 0 radical (unpaired) electrons. The Morgan fingerprint density at radius 2 is 0.852 bits per heavy atom. The largest absolute Gasteiger partial charge is 0.310 e. The Morgan fingerprint density at radius 3 is 1.59 bits per heavy atom. The van der Waals surface area contributed by atoms with Crippen LogP contribution in [0.25, 0.3) is 66.1 Å². The SMILES string of the molecule is CC1(C)c2ccccc2-c2ccc(N(c3ccc(-c4ccc(-c5cccc(-c6ccccc6)c5)cc4)cc3)c3cc4ccccc4c4ccccc34)cc21. The fourth-order valence-corrected chi connectivity index (χ4v) is 8.65. The number of fused-ring (bicyclic) bond motifs is 6. The van der Waals surface area contributed by atoms with Crippen LogP contribution >= 0.6 is 0 Å². The lowest BCUT2D eigenvalue weighted by molar-refractivity contribution is 0.660. The van der Waals surface area contributed by atoms with Gasteiger partial charge < -0.3 is 4.90 Å². The van der Waals surface area contributed by atoms with Crippen molar-refractivity contribution < 1.29 is 0 Å². The van der Waals surface area contributed by atoms with Crippen LogP contribution in [-0.2, 0) is 5.41 Å². The molecular formula is C53H39N. The van der Waals surface area contributed by atoms with Crippen LogP contribution in [0.15, 0.2) is 200 Å². The second-order valence-electron chi connectivity index (χ2n) is 15.0. The highest BCUT2D eigenvalue weighted by molar-refractivity contribution is 6.14. The third-order valence-electron chi connectivity index (χ3n) is 11.5. The van der Waals surface area contributed by atoms with Crippen molar-refractivity contribution in [2.45, 2.75) is 19.3 Å². The van der Waals surface area contributed by atoms with Crippen molar-refractivity contribution in [1.29, 1.82) is 0 Å². The molecule has 0 aromatic heterocycles. The first-order valence-electron chi connectivity index (χ1n) is 18.8. The third kappa shape index (κ3) is 5.32. The molecule has 0 fully saturated rings. The van der Waals surface area contributed by atoms with Crippen molar-refractivity contribution in [3.63, 3.8) is 0 Å². The summed E-state index contributed by atoms with van der Waals surface area (Å²) in [6.07, 6.45) is 0. The molecule has 10 rings (SSSR count). The van der Waals surface area contributed by atoms with E-state index in [0.29, 0.717) is 0 Å². The van der Waals surface area contributed by atoms with Gasteiger partial charge in [0, 0.05) is 22.2 Å². The Balaban J connectivity index is 1.06. The standard InChI is InChI=1S/C53H39N/c1-53(2)50-22-11-10-20-47(50)48-32-31-44(35-51(48)53)54(52-34-42-15-6-7-18-45(42)46-19-8-9-21-49(46)52)43-29-27-38(28-30-43)37-23-25-39(26-24-37)41-17-12-16-40(33-41)36-13-4-3-5-14-36/h3-35H,1-2H3. The van der Waals surface area contributed by atoms with E-state index >= 15 is 0 Å². The van der Waals surface area contributed by atoms with Crippen LogP contribution in [0.4, 0.5) is 17.1 Å². The Labute approximate surface area is 317 Å². The smallest absolute Gasteiger partial charge is 0.0546 e. The molecule has 0 saturated heterocycles. The number of hydrogen-bond donors (Lipinski definition) is 0. The molecule has 1 aliphatic carbocycles. The Bertz CT molecular complexity index is 2830. The minimum atomic E-state index is -0.0993. The molecular weight excluding hydrogens is 651 g/mol. The molecule has 1 heteroatoms. The van der Waals surface area contributed by atoms with Crippen LogP contribution in [0, 0.1) is 0 Å². The Morgan fingerprint density at radius 1 is 0.333 bits per heavy atom. The first-order valence-corrected chi connectivity index (χ1v) is 18.8. The molecule has 9 aromatic carbocycles. The maximum absolute atomic E-state index is 2.46. The van der Waals surface area contributed by atoms with E-state index in [0.717, 1.165) is 11.4 Å². The van der Waals surface area contributed by atoms with E-state index in [9.17, 15) is 0 Å². The average Bonchev–Trinajstić information content (AvgIpc) is 3.47. The van der Waals surface area contributed by atoms with Crippen LogP contribution in [0.1, 0.15) is 25.0 Å². The Hall–Kier alpha value is -6.70. The maximum atomic E-state index is 2.46. The molecule has 0 aliphatic heterocycles. The van der Waals surface area contributed by atoms with Crippen molar-refractivity contribution in [3.05, 3.63) is 211 Å². The van der Waals surface area contributed by atoms with Gasteiger partial charge in [0.2, 0.25) is 0 Å². The van der Waals surface area contributed by atoms with E-state index in [-0.39, 0.29) is 5.41 Å². The highest BCUT2D eigenvalue weighted by Gasteiger charge is 2.35. The molecule has 256 valence electrons. The lowest BCUT2D eigenvalue weighted by Gasteiger charge is -2.29. The number of rotatable bonds is 6. The van der Waals surface area contributed by atoms with Crippen molar-refractivity contribution in [2.75, 3.05) is 4.90 Å². The van der Waals surface area contributed by atoms with Crippen LogP contribution in [0.5, 0.6) is 0 Å². The van der Waals surface area contributed by atoms with E-state index in [4.69, 9.17) is 0 Å².